The highest BCUT2D eigenvalue weighted by molar-refractivity contribution is 7.09. The van der Waals surface area contributed by atoms with Crippen LogP contribution in [0.25, 0.3) is 0 Å². The van der Waals surface area contributed by atoms with E-state index in [-0.39, 0.29) is 12.6 Å². The van der Waals surface area contributed by atoms with Crippen LogP contribution in [0.3, 0.4) is 0 Å². The Morgan fingerprint density at radius 2 is 2.38 bits per heavy atom. The van der Waals surface area contributed by atoms with Gasteiger partial charge < -0.3 is 15.3 Å². The number of carbonyl (C=O) groups is 2. The van der Waals surface area contributed by atoms with E-state index < -0.39 is 5.97 Å². The third-order valence-corrected chi connectivity index (χ3v) is 2.66. The Kier molecular flexibility index (Phi) is 4.71. The summed E-state index contributed by atoms with van der Waals surface area (Å²) in [7, 11) is 1.44. The van der Waals surface area contributed by atoms with Crippen LogP contribution in [-0.4, -0.2) is 47.1 Å². The Morgan fingerprint density at radius 3 is 2.94 bits per heavy atom. The lowest BCUT2D eigenvalue weighted by Gasteiger charge is -2.14. The number of likely N-dealkylation sites (N-methyl/N-ethyl adjacent to an activating group) is 1. The Balaban J connectivity index is 2.22. The number of aromatic nitrogens is 1. The zero-order valence-electron chi connectivity index (χ0n) is 8.84. The number of thiazole rings is 1. The molecule has 0 radical (unpaired) electrons. The van der Waals surface area contributed by atoms with Crippen molar-refractivity contribution >= 4 is 23.3 Å². The van der Waals surface area contributed by atoms with Crippen LogP contribution in [0.1, 0.15) is 5.01 Å². The highest BCUT2D eigenvalue weighted by atomic mass is 32.1. The molecule has 0 bridgehead atoms. The zero-order valence-corrected chi connectivity index (χ0v) is 9.66. The van der Waals surface area contributed by atoms with Gasteiger partial charge in [0.1, 0.15) is 6.54 Å². The standard InChI is InChI=1S/C9H13N3O3S/c1-12(6-8(13)14)9(15)11-3-2-7-10-4-5-16-7/h4-5H,2-3,6H2,1H3,(H,11,15)(H,13,14). The molecular formula is C9H13N3O3S. The first-order valence-electron chi connectivity index (χ1n) is 4.68. The van der Waals surface area contributed by atoms with E-state index in [0.717, 1.165) is 9.91 Å². The average molecular weight is 243 g/mol. The number of amides is 2. The van der Waals surface area contributed by atoms with E-state index in [4.69, 9.17) is 5.11 Å². The lowest BCUT2D eigenvalue weighted by atomic mass is 10.4. The van der Waals surface area contributed by atoms with Crippen molar-refractivity contribution in [3.05, 3.63) is 16.6 Å². The van der Waals surface area contributed by atoms with Gasteiger partial charge in [0.15, 0.2) is 0 Å². The van der Waals surface area contributed by atoms with Crippen molar-refractivity contribution in [1.82, 2.24) is 15.2 Å². The molecule has 0 saturated heterocycles. The molecule has 0 atom stereocenters. The Hall–Kier alpha value is -1.63. The van der Waals surface area contributed by atoms with Gasteiger partial charge in [-0.3, -0.25) is 4.79 Å². The van der Waals surface area contributed by atoms with Gasteiger partial charge in [0.05, 0.1) is 5.01 Å². The first-order chi connectivity index (χ1) is 7.59. The van der Waals surface area contributed by atoms with E-state index >= 15 is 0 Å². The minimum atomic E-state index is -1.03. The molecule has 16 heavy (non-hydrogen) atoms. The number of nitrogens with one attached hydrogen (secondary N) is 1. The van der Waals surface area contributed by atoms with E-state index in [2.05, 4.69) is 10.3 Å². The first-order valence-corrected chi connectivity index (χ1v) is 5.56. The molecule has 88 valence electrons. The maximum absolute atomic E-state index is 11.3. The van der Waals surface area contributed by atoms with Crippen molar-refractivity contribution in [3.8, 4) is 0 Å². The molecule has 0 spiro atoms. The van der Waals surface area contributed by atoms with Crippen LogP contribution < -0.4 is 5.32 Å². The molecule has 0 aromatic carbocycles. The van der Waals surface area contributed by atoms with E-state index in [9.17, 15) is 9.59 Å². The summed E-state index contributed by atoms with van der Waals surface area (Å²) >= 11 is 1.52. The number of carboxylic acids is 1. The summed E-state index contributed by atoms with van der Waals surface area (Å²) < 4.78 is 0. The lowest BCUT2D eigenvalue weighted by molar-refractivity contribution is -0.137. The van der Waals surface area contributed by atoms with E-state index in [0.29, 0.717) is 13.0 Å². The van der Waals surface area contributed by atoms with Crippen LogP contribution in [0.15, 0.2) is 11.6 Å². The van der Waals surface area contributed by atoms with Crippen LogP contribution in [0.2, 0.25) is 0 Å². The van der Waals surface area contributed by atoms with Gasteiger partial charge in [-0.05, 0) is 0 Å². The van der Waals surface area contributed by atoms with Gasteiger partial charge in [0.25, 0.3) is 0 Å². The number of hydrogen-bond donors (Lipinski definition) is 2. The van der Waals surface area contributed by atoms with Crippen molar-refractivity contribution in [2.75, 3.05) is 20.1 Å². The molecule has 0 aliphatic rings. The predicted octanol–water partition coefficient (Wildman–Crippen LogP) is 0.412. The third-order valence-electron chi connectivity index (χ3n) is 1.82. The highest BCUT2D eigenvalue weighted by Crippen LogP contribution is 2.03. The second-order valence-electron chi connectivity index (χ2n) is 3.16. The van der Waals surface area contributed by atoms with Crippen LogP contribution >= 0.6 is 11.3 Å². The smallest absolute Gasteiger partial charge is 0.323 e. The molecule has 1 aromatic rings. The van der Waals surface area contributed by atoms with Gasteiger partial charge in [-0.25, -0.2) is 9.78 Å². The van der Waals surface area contributed by atoms with Gasteiger partial charge >= 0.3 is 12.0 Å². The molecule has 1 heterocycles. The van der Waals surface area contributed by atoms with Crippen LogP contribution in [0.4, 0.5) is 4.79 Å². The SMILES string of the molecule is CN(CC(=O)O)C(=O)NCCc1nccs1. The molecule has 1 aromatic heterocycles. The summed E-state index contributed by atoms with van der Waals surface area (Å²) in [5.41, 5.74) is 0. The third kappa shape index (κ3) is 4.26. The summed E-state index contributed by atoms with van der Waals surface area (Å²) in [6.45, 7) is 0.152. The lowest BCUT2D eigenvalue weighted by Crippen LogP contribution is -2.40. The molecule has 0 aliphatic heterocycles. The second-order valence-corrected chi connectivity index (χ2v) is 4.14. The monoisotopic (exact) mass is 243 g/mol. The van der Waals surface area contributed by atoms with Gasteiger partial charge in [0, 0.05) is 31.6 Å². The maximum Gasteiger partial charge on any atom is 0.323 e. The Morgan fingerprint density at radius 1 is 1.62 bits per heavy atom. The minimum absolute atomic E-state index is 0.302. The fourth-order valence-electron chi connectivity index (χ4n) is 1.06. The van der Waals surface area contributed by atoms with E-state index in [1.54, 1.807) is 6.20 Å². The molecule has 0 aliphatic carbocycles. The Labute approximate surface area is 96.9 Å². The largest absolute Gasteiger partial charge is 0.480 e. The highest BCUT2D eigenvalue weighted by Gasteiger charge is 2.10. The van der Waals surface area contributed by atoms with Crippen molar-refractivity contribution < 1.29 is 14.7 Å². The predicted molar refractivity (Wildman–Crippen MR) is 59.5 cm³/mol. The molecule has 0 fully saturated rings. The van der Waals surface area contributed by atoms with Crippen LogP contribution in [0, 0.1) is 0 Å². The van der Waals surface area contributed by atoms with Gasteiger partial charge in [-0.1, -0.05) is 0 Å². The summed E-state index contributed by atoms with van der Waals surface area (Å²) in [4.78, 5) is 26.9. The zero-order chi connectivity index (χ0) is 12.0. The number of rotatable bonds is 5. The van der Waals surface area contributed by atoms with Crippen molar-refractivity contribution in [2.24, 2.45) is 0 Å². The average Bonchev–Trinajstić information content (AvgIpc) is 2.69. The second kappa shape index (κ2) is 6.06. The molecule has 2 N–H and O–H groups in total. The fourth-order valence-corrected chi connectivity index (χ4v) is 1.68. The summed E-state index contributed by atoms with van der Waals surface area (Å²) in [6.07, 6.45) is 2.36. The first kappa shape index (κ1) is 12.4. The molecule has 6 nitrogen and oxygen atoms in total. The normalized spacial score (nSPS) is 9.81. The minimum Gasteiger partial charge on any atom is -0.480 e. The van der Waals surface area contributed by atoms with Crippen molar-refractivity contribution in [2.45, 2.75) is 6.42 Å². The number of hydrogen-bond acceptors (Lipinski definition) is 4. The number of aliphatic carboxylic acids is 1. The van der Waals surface area contributed by atoms with Crippen LogP contribution in [0.5, 0.6) is 0 Å². The summed E-state index contributed by atoms with van der Waals surface area (Å²) in [5, 5.41) is 13.9. The van der Waals surface area contributed by atoms with Crippen molar-refractivity contribution in [1.29, 1.82) is 0 Å². The maximum atomic E-state index is 11.3. The summed E-state index contributed by atoms with van der Waals surface area (Å²) in [6, 6.07) is -0.390. The molecule has 1 rings (SSSR count). The molecular weight excluding hydrogens is 230 g/mol. The number of nitrogens with zero attached hydrogens (tertiary/aromatic N) is 2. The van der Waals surface area contributed by atoms with Crippen LogP contribution in [-0.2, 0) is 11.2 Å². The summed E-state index contributed by atoms with van der Waals surface area (Å²) in [5.74, 6) is -1.03. The molecule has 2 amide bonds. The van der Waals surface area contributed by atoms with Gasteiger partial charge in [-0.15, -0.1) is 11.3 Å². The molecule has 0 saturated carbocycles. The van der Waals surface area contributed by atoms with E-state index in [1.165, 1.54) is 18.4 Å². The Bertz CT molecular complexity index is 353. The number of carboxylic acid groups (broad SMARTS) is 1. The number of carbonyl (C=O) groups excluding carboxylic acids is 1. The quantitative estimate of drug-likeness (QED) is 0.784. The van der Waals surface area contributed by atoms with Gasteiger partial charge in [0.2, 0.25) is 0 Å². The topological polar surface area (TPSA) is 82.5 Å². The van der Waals surface area contributed by atoms with Crippen molar-refractivity contribution in [3.63, 3.8) is 0 Å². The fraction of sp³-hybridized carbons (Fsp3) is 0.444. The molecule has 0 unspecified atom stereocenters. The van der Waals surface area contributed by atoms with Gasteiger partial charge in [-0.2, -0.15) is 0 Å². The van der Waals surface area contributed by atoms with E-state index in [1.807, 2.05) is 5.38 Å². The molecule has 7 heteroatoms. The number of urea groups is 1.